The summed E-state index contributed by atoms with van der Waals surface area (Å²) in [6.07, 6.45) is 8.36. The van der Waals surface area contributed by atoms with Crippen LogP contribution in [0.15, 0.2) is 0 Å². The highest BCUT2D eigenvalue weighted by Gasteiger charge is 2.48. The van der Waals surface area contributed by atoms with Gasteiger partial charge in [-0.15, -0.1) is 0 Å². The van der Waals surface area contributed by atoms with Gasteiger partial charge in [-0.2, -0.15) is 0 Å². The van der Waals surface area contributed by atoms with Gasteiger partial charge in [-0.25, -0.2) is 0 Å². The highest BCUT2D eigenvalue weighted by molar-refractivity contribution is 6.26. The smallest absolute Gasteiger partial charge is 0.0674 e. The maximum absolute atomic E-state index is 2.56. The first-order valence-corrected chi connectivity index (χ1v) is 7.97. The summed E-state index contributed by atoms with van der Waals surface area (Å²) in [5.74, 6) is 0. The first-order valence-electron chi connectivity index (χ1n) is 7.97. The second-order valence-electron chi connectivity index (χ2n) is 8.99. The zero-order chi connectivity index (χ0) is 14.2. The minimum absolute atomic E-state index is 0.419. The van der Waals surface area contributed by atoms with Crippen LogP contribution in [-0.4, -0.2) is 15.7 Å². The number of hydrogen-bond donors (Lipinski definition) is 0. The molecular formula is C16H34B2. The maximum Gasteiger partial charge on any atom is 0.109 e. The Labute approximate surface area is 118 Å². The molecule has 0 saturated heterocycles. The number of hydrogen-bond acceptors (Lipinski definition) is 0. The van der Waals surface area contributed by atoms with Crippen molar-refractivity contribution in [2.75, 3.05) is 0 Å². The van der Waals surface area contributed by atoms with Crippen LogP contribution >= 0.6 is 0 Å². The van der Waals surface area contributed by atoms with Gasteiger partial charge in [0.15, 0.2) is 0 Å². The molecule has 0 N–H and O–H groups in total. The van der Waals surface area contributed by atoms with E-state index in [0.29, 0.717) is 21.5 Å². The van der Waals surface area contributed by atoms with Gasteiger partial charge in [0.05, 0.1) is 0 Å². The third-order valence-electron chi connectivity index (χ3n) is 6.82. The van der Waals surface area contributed by atoms with E-state index in [0.717, 1.165) is 0 Å². The Hall–Kier alpha value is 0.130. The molecule has 0 aliphatic heterocycles. The SMILES string of the molecule is BC(C)(C)C1(B)CCCCC(C)(C(C)(C)CC)C1. The summed E-state index contributed by atoms with van der Waals surface area (Å²) >= 11 is 0. The Morgan fingerprint density at radius 2 is 1.56 bits per heavy atom. The van der Waals surface area contributed by atoms with Gasteiger partial charge in [-0.1, -0.05) is 77.9 Å². The lowest BCUT2D eigenvalue weighted by Gasteiger charge is -2.52. The minimum atomic E-state index is 0.419. The van der Waals surface area contributed by atoms with Crippen LogP contribution < -0.4 is 0 Å². The van der Waals surface area contributed by atoms with Crippen molar-refractivity contribution in [2.24, 2.45) is 10.8 Å². The molecule has 0 aromatic heterocycles. The van der Waals surface area contributed by atoms with Crippen LogP contribution in [0.25, 0.3) is 0 Å². The summed E-state index contributed by atoms with van der Waals surface area (Å²) in [5.41, 5.74) is 0.962. The van der Waals surface area contributed by atoms with E-state index in [4.69, 9.17) is 0 Å². The average molecular weight is 248 g/mol. The standard InChI is InChI=1S/C16H34B2/c1-7-13(2,3)15(6)10-8-9-11-16(18,12-15)14(4,5)17/h7-12,17-18H2,1-6H3. The fourth-order valence-electron chi connectivity index (χ4n) is 3.71. The molecule has 1 aliphatic carbocycles. The molecule has 0 spiro atoms. The molecule has 104 valence electrons. The third-order valence-corrected chi connectivity index (χ3v) is 6.82. The minimum Gasteiger partial charge on any atom is -0.0674 e. The summed E-state index contributed by atoms with van der Waals surface area (Å²) in [4.78, 5) is 0. The molecule has 0 nitrogen and oxygen atoms in total. The van der Waals surface area contributed by atoms with Gasteiger partial charge in [0.1, 0.15) is 15.7 Å². The van der Waals surface area contributed by atoms with E-state index in [1.54, 1.807) is 0 Å². The second kappa shape index (κ2) is 4.91. The summed E-state index contributed by atoms with van der Waals surface area (Å²) in [5, 5.41) is 0.910. The van der Waals surface area contributed by atoms with Crippen LogP contribution in [0.5, 0.6) is 0 Å². The van der Waals surface area contributed by atoms with Gasteiger partial charge >= 0.3 is 0 Å². The Kier molecular flexibility index (Phi) is 4.41. The van der Waals surface area contributed by atoms with Crippen molar-refractivity contribution in [3.8, 4) is 0 Å². The first kappa shape index (κ1) is 16.2. The molecule has 2 unspecified atom stereocenters. The zero-order valence-electron chi connectivity index (χ0n) is 14.2. The molecule has 0 heterocycles. The van der Waals surface area contributed by atoms with Crippen molar-refractivity contribution in [2.45, 2.75) is 90.7 Å². The lowest BCUT2D eigenvalue weighted by molar-refractivity contribution is 0.0490. The first-order chi connectivity index (χ1) is 7.97. The number of rotatable bonds is 3. The highest BCUT2D eigenvalue weighted by atomic mass is 14.5. The van der Waals surface area contributed by atoms with Crippen LogP contribution in [0.2, 0.25) is 10.6 Å². The van der Waals surface area contributed by atoms with E-state index in [1.807, 2.05) is 0 Å². The fraction of sp³-hybridized carbons (Fsp3) is 1.00. The third kappa shape index (κ3) is 2.83. The largest absolute Gasteiger partial charge is 0.109 e. The van der Waals surface area contributed by atoms with Gasteiger partial charge in [0.25, 0.3) is 0 Å². The molecule has 1 rings (SSSR count). The fourth-order valence-corrected chi connectivity index (χ4v) is 3.71. The predicted octanol–water partition coefficient (Wildman–Crippen LogP) is 4.02. The Bertz CT molecular complexity index is 290. The monoisotopic (exact) mass is 248 g/mol. The molecule has 18 heavy (non-hydrogen) atoms. The Morgan fingerprint density at radius 1 is 1.06 bits per heavy atom. The van der Waals surface area contributed by atoms with Crippen LogP contribution in [-0.2, 0) is 0 Å². The zero-order valence-corrected chi connectivity index (χ0v) is 14.2. The highest BCUT2D eigenvalue weighted by Crippen LogP contribution is 2.63. The van der Waals surface area contributed by atoms with Crippen molar-refractivity contribution in [1.82, 2.24) is 0 Å². The van der Waals surface area contributed by atoms with E-state index >= 15 is 0 Å². The van der Waals surface area contributed by atoms with E-state index in [-0.39, 0.29) is 0 Å². The Balaban J connectivity index is 3.10. The van der Waals surface area contributed by atoms with Gasteiger partial charge in [-0.05, 0) is 23.7 Å². The summed E-state index contributed by atoms with van der Waals surface area (Å²) in [7, 11) is 4.99. The molecule has 0 radical (unpaired) electrons. The second-order valence-corrected chi connectivity index (χ2v) is 8.99. The van der Waals surface area contributed by atoms with Crippen LogP contribution in [0, 0.1) is 10.8 Å². The van der Waals surface area contributed by atoms with Crippen molar-refractivity contribution in [1.29, 1.82) is 0 Å². The van der Waals surface area contributed by atoms with Gasteiger partial charge in [-0.3, -0.25) is 0 Å². The summed E-state index contributed by atoms with van der Waals surface area (Å²) in [6.45, 7) is 14.8. The lowest BCUT2D eigenvalue weighted by atomic mass is 9.40. The molecule has 2 atom stereocenters. The van der Waals surface area contributed by atoms with Crippen molar-refractivity contribution in [3.05, 3.63) is 0 Å². The lowest BCUT2D eigenvalue weighted by Crippen LogP contribution is -2.40. The van der Waals surface area contributed by atoms with Crippen molar-refractivity contribution >= 4 is 15.7 Å². The van der Waals surface area contributed by atoms with Gasteiger partial charge in [0, 0.05) is 0 Å². The molecule has 0 aromatic carbocycles. The molecule has 0 aromatic rings. The molecular weight excluding hydrogens is 214 g/mol. The van der Waals surface area contributed by atoms with Gasteiger partial charge < -0.3 is 0 Å². The van der Waals surface area contributed by atoms with E-state index in [9.17, 15) is 0 Å². The summed E-state index contributed by atoms with van der Waals surface area (Å²) < 4.78 is 0. The van der Waals surface area contributed by atoms with E-state index in [2.05, 4.69) is 57.2 Å². The van der Waals surface area contributed by atoms with Crippen LogP contribution in [0.4, 0.5) is 0 Å². The quantitative estimate of drug-likeness (QED) is 0.522. The summed E-state index contributed by atoms with van der Waals surface area (Å²) in [6, 6.07) is 0. The maximum atomic E-state index is 2.56. The van der Waals surface area contributed by atoms with Crippen molar-refractivity contribution < 1.29 is 0 Å². The molecule has 2 heteroatoms. The van der Waals surface area contributed by atoms with Crippen LogP contribution in [0.3, 0.4) is 0 Å². The van der Waals surface area contributed by atoms with E-state index < -0.39 is 0 Å². The van der Waals surface area contributed by atoms with Gasteiger partial charge in [0.2, 0.25) is 0 Å². The molecule has 0 bridgehead atoms. The van der Waals surface area contributed by atoms with Crippen molar-refractivity contribution in [3.63, 3.8) is 0 Å². The predicted molar refractivity (Wildman–Crippen MR) is 89.1 cm³/mol. The molecule has 0 amide bonds. The average Bonchev–Trinajstić information content (AvgIpc) is 2.38. The molecule has 1 fully saturated rings. The molecule has 1 saturated carbocycles. The normalized spacial score (nSPS) is 35.2. The molecule has 1 aliphatic rings. The van der Waals surface area contributed by atoms with E-state index in [1.165, 1.54) is 38.5 Å². The Morgan fingerprint density at radius 3 is 2.00 bits per heavy atom. The topological polar surface area (TPSA) is 0 Å². The van der Waals surface area contributed by atoms with Crippen LogP contribution in [0.1, 0.15) is 80.1 Å².